The number of thioether (sulfide) groups is 1. The molecule has 1 aliphatic carbocycles. The van der Waals surface area contributed by atoms with E-state index in [4.69, 9.17) is 23.2 Å². The van der Waals surface area contributed by atoms with E-state index >= 15 is 0 Å². The van der Waals surface area contributed by atoms with Gasteiger partial charge in [0, 0.05) is 11.6 Å². The molecule has 21 heavy (non-hydrogen) atoms. The number of nitrogens with zero attached hydrogens (tertiary/aromatic N) is 2. The van der Waals surface area contributed by atoms with Gasteiger partial charge in [0.05, 0.1) is 15.8 Å². The number of benzene rings is 1. The summed E-state index contributed by atoms with van der Waals surface area (Å²) in [6.45, 7) is 0. The van der Waals surface area contributed by atoms with E-state index in [1.54, 1.807) is 18.2 Å². The molecule has 1 heterocycles. The standard InChI is InChI=1S/C13H12Cl2N4OS/c14-9-4-3-8(5-10(9)15)16-11(20)6-21-13-17-12(18-19-13)7-1-2-7/h3-5,7H,1-2,6H2,(H,16,20)(H,17,18,19). The van der Waals surface area contributed by atoms with Gasteiger partial charge in [-0.15, -0.1) is 5.10 Å². The Balaban J connectivity index is 1.52. The SMILES string of the molecule is O=C(CSc1n[nH]c(C2CC2)n1)Nc1ccc(Cl)c(Cl)c1. The number of aromatic amines is 1. The summed E-state index contributed by atoms with van der Waals surface area (Å²) in [6.07, 6.45) is 2.33. The molecular weight excluding hydrogens is 331 g/mol. The lowest BCUT2D eigenvalue weighted by Crippen LogP contribution is -2.14. The molecular formula is C13H12Cl2N4OS. The minimum atomic E-state index is -0.142. The molecule has 1 saturated carbocycles. The molecule has 1 aromatic heterocycles. The Bertz CT molecular complexity index is 672. The fraction of sp³-hybridized carbons (Fsp3) is 0.308. The van der Waals surface area contributed by atoms with Crippen molar-refractivity contribution in [3.8, 4) is 0 Å². The molecule has 1 aromatic carbocycles. The number of carbonyl (C=O) groups excluding carboxylic acids is 1. The average Bonchev–Trinajstić information content (AvgIpc) is 3.20. The van der Waals surface area contributed by atoms with Crippen molar-refractivity contribution in [1.82, 2.24) is 15.2 Å². The summed E-state index contributed by atoms with van der Waals surface area (Å²) in [6, 6.07) is 4.96. The maximum absolute atomic E-state index is 11.9. The van der Waals surface area contributed by atoms with Crippen LogP contribution in [0.5, 0.6) is 0 Å². The molecule has 0 unspecified atom stereocenters. The van der Waals surface area contributed by atoms with Gasteiger partial charge in [-0.2, -0.15) is 0 Å². The summed E-state index contributed by atoms with van der Waals surface area (Å²) in [5.41, 5.74) is 0.614. The third-order valence-corrected chi connectivity index (χ3v) is 4.57. The molecule has 0 bridgehead atoms. The van der Waals surface area contributed by atoms with Gasteiger partial charge in [-0.25, -0.2) is 4.98 Å². The minimum Gasteiger partial charge on any atom is -0.325 e. The molecule has 2 N–H and O–H groups in total. The first-order chi connectivity index (χ1) is 10.1. The van der Waals surface area contributed by atoms with Gasteiger partial charge in [-0.1, -0.05) is 35.0 Å². The van der Waals surface area contributed by atoms with Crippen LogP contribution in [0.1, 0.15) is 24.6 Å². The molecule has 1 fully saturated rings. The Morgan fingerprint density at radius 3 is 2.90 bits per heavy atom. The Morgan fingerprint density at radius 2 is 2.19 bits per heavy atom. The van der Waals surface area contributed by atoms with E-state index in [9.17, 15) is 4.79 Å². The van der Waals surface area contributed by atoms with Crippen molar-refractivity contribution < 1.29 is 4.79 Å². The number of nitrogens with one attached hydrogen (secondary N) is 2. The topological polar surface area (TPSA) is 70.7 Å². The van der Waals surface area contributed by atoms with Crippen LogP contribution < -0.4 is 5.32 Å². The lowest BCUT2D eigenvalue weighted by atomic mass is 10.3. The predicted octanol–water partition coefficient (Wildman–Crippen LogP) is 3.72. The van der Waals surface area contributed by atoms with Crippen LogP contribution in [-0.4, -0.2) is 26.8 Å². The fourth-order valence-corrected chi connectivity index (χ4v) is 2.67. The molecule has 0 aliphatic heterocycles. The zero-order chi connectivity index (χ0) is 14.8. The molecule has 0 atom stereocenters. The zero-order valence-corrected chi connectivity index (χ0v) is 13.2. The molecule has 1 aliphatic rings. The third-order valence-electron chi connectivity index (χ3n) is 2.98. The fourth-order valence-electron chi connectivity index (χ4n) is 1.76. The highest BCUT2D eigenvalue weighted by Crippen LogP contribution is 2.38. The predicted molar refractivity (Wildman–Crippen MR) is 84.2 cm³/mol. The van der Waals surface area contributed by atoms with Gasteiger partial charge < -0.3 is 5.32 Å². The quantitative estimate of drug-likeness (QED) is 0.812. The van der Waals surface area contributed by atoms with Crippen LogP contribution in [0.2, 0.25) is 10.0 Å². The van der Waals surface area contributed by atoms with Crippen LogP contribution in [0, 0.1) is 0 Å². The number of amides is 1. The number of halogens is 2. The van der Waals surface area contributed by atoms with Gasteiger partial charge in [-0.05, 0) is 31.0 Å². The highest BCUT2D eigenvalue weighted by atomic mass is 35.5. The number of carbonyl (C=O) groups is 1. The lowest BCUT2D eigenvalue weighted by molar-refractivity contribution is -0.113. The van der Waals surface area contributed by atoms with Crippen molar-refractivity contribution >= 4 is 46.6 Å². The highest BCUT2D eigenvalue weighted by Gasteiger charge is 2.27. The zero-order valence-electron chi connectivity index (χ0n) is 10.9. The first-order valence-electron chi connectivity index (χ1n) is 6.42. The summed E-state index contributed by atoms with van der Waals surface area (Å²) in [5, 5.41) is 11.2. The Morgan fingerprint density at radius 1 is 1.38 bits per heavy atom. The largest absolute Gasteiger partial charge is 0.325 e. The molecule has 0 radical (unpaired) electrons. The van der Waals surface area contributed by atoms with Crippen molar-refractivity contribution in [2.75, 3.05) is 11.1 Å². The molecule has 2 aromatic rings. The third kappa shape index (κ3) is 3.90. The van der Waals surface area contributed by atoms with E-state index in [2.05, 4.69) is 20.5 Å². The molecule has 8 heteroatoms. The summed E-state index contributed by atoms with van der Waals surface area (Å²) in [4.78, 5) is 16.2. The molecule has 0 saturated heterocycles. The molecule has 1 amide bonds. The van der Waals surface area contributed by atoms with E-state index < -0.39 is 0 Å². The van der Waals surface area contributed by atoms with Crippen molar-refractivity contribution in [3.05, 3.63) is 34.1 Å². The van der Waals surface area contributed by atoms with Crippen LogP contribution in [0.25, 0.3) is 0 Å². The first kappa shape index (κ1) is 14.7. The maximum Gasteiger partial charge on any atom is 0.234 e. The Hall–Kier alpha value is -1.24. The van der Waals surface area contributed by atoms with Crippen LogP contribution >= 0.6 is 35.0 Å². The summed E-state index contributed by atoms with van der Waals surface area (Å²) in [5.74, 6) is 1.54. The smallest absolute Gasteiger partial charge is 0.234 e. The van der Waals surface area contributed by atoms with Crippen molar-refractivity contribution in [3.63, 3.8) is 0 Å². The number of rotatable bonds is 5. The van der Waals surface area contributed by atoms with Gasteiger partial charge in [0.25, 0.3) is 0 Å². The second-order valence-corrected chi connectivity index (χ2v) is 6.50. The maximum atomic E-state index is 11.9. The first-order valence-corrected chi connectivity index (χ1v) is 8.16. The summed E-state index contributed by atoms with van der Waals surface area (Å²) in [7, 11) is 0. The van der Waals surface area contributed by atoms with E-state index in [0.29, 0.717) is 26.8 Å². The summed E-state index contributed by atoms with van der Waals surface area (Å²) < 4.78 is 0. The normalized spacial score (nSPS) is 14.2. The lowest BCUT2D eigenvalue weighted by Gasteiger charge is -2.05. The minimum absolute atomic E-state index is 0.142. The van der Waals surface area contributed by atoms with Crippen molar-refractivity contribution in [2.24, 2.45) is 0 Å². The Labute approximate surface area is 135 Å². The van der Waals surface area contributed by atoms with Crippen LogP contribution in [0.3, 0.4) is 0 Å². The van der Waals surface area contributed by atoms with Crippen LogP contribution in [0.4, 0.5) is 5.69 Å². The monoisotopic (exact) mass is 342 g/mol. The number of anilines is 1. The van der Waals surface area contributed by atoms with E-state index in [0.717, 1.165) is 18.7 Å². The Kier molecular flexibility index (Phi) is 4.37. The second kappa shape index (κ2) is 6.25. The van der Waals surface area contributed by atoms with Crippen LogP contribution in [0.15, 0.2) is 23.4 Å². The number of hydrogen-bond acceptors (Lipinski definition) is 4. The van der Waals surface area contributed by atoms with Gasteiger partial charge in [0.1, 0.15) is 5.82 Å². The van der Waals surface area contributed by atoms with Gasteiger partial charge >= 0.3 is 0 Å². The number of hydrogen-bond donors (Lipinski definition) is 2. The van der Waals surface area contributed by atoms with E-state index in [1.807, 2.05) is 0 Å². The molecule has 110 valence electrons. The van der Waals surface area contributed by atoms with Crippen molar-refractivity contribution in [2.45, 2.75) is 23.9 Å². The summed E-state index contributed by atoms with van der Waals surface area (Å²) >= 11 is 13.0. The number of aromatic nitrogens is 3. The van der Waals surface area contributed by atoms with E-state index in [-0.39, 0.29) is 11.7 Å². The van der Waals surface area contributed by atoms with Crippen LogP contribution in [-0.2, 0) is 4.79 Å². The molecule has 3 rings (SSSR count). The second-order valence-electron chi connectivity index (χ2n) is 4.74. The van der Waals surface area contributed by atoms with Gasteiger partial charge in [-0.3, -0.25) is 9.89 Å². The number of H-pyrrole nitrogens is 1. The molecule has 5 nitrogen and oxygen atoms in total. The van der Waals surface area contributed by atoms with Gasteiger partial charge in [0.2, 0.25) is 11.1 Å². The molecule has 0 spiro atoms. The van der Waals surface area contributed by atoms with E-state index in [1.165, 1.54) is 11.8 Å². The van der Waals surface area contributed by atoms with Gasteiger partial charge in [0.15, 0.2) is 0 Å². The average molecular weight is 343 g/mol. The van der Waals surface area contributed by atoms with Crippen molar-refractivity contribution in [1.29, 1.82) is 0 Å². The highest BCUT2D eigenvalue weighted by molar-refractivity contribution is 7.99.